The Kier molecular flexibility index (Phi) is 6.17. The highest BCUT2D eigenvalue weighted by Crippen LogP contribution is 2.34. The minimum atomic E-state index is -0.373. The van der Waals surface area contributed by atoms with Crippen LogP contribution in [0.3, 0.4) is 0 Å². The Bertz CT molecular complexity index is 918. The number of benzene rings is 2. The van der Waals surface area contributed by atoms with E-state index in [0.717, 1.165) is 12.8 Å². The molecule has 0 atom stereocenters. The van der Waals surface area contributed by atoms with Gasteiger partial charge in [0.1, 0.15) is 11.8 Å². The van der Waals surface area contributed by atoms with Gasteiger partial charge in [0.15, 0.2) is 5.75 Å². The van der Waals surface area contributed by atoms with Crippen LogP contribution in [0.1, 0.15) is 12.8 Å². The molecule has 8 heteroatoms. The first-order chi connectivity index (χ1) is 13.1. The predicted molar refractivity (Wildman–Crippen MR) is 105 cm³/mol. The van der Waals surface area contributed by atoms with Gasteiger partial charge in [-0.2, -0.15) is 10.4 Å². The second-order valence-electron chi connectivity index (χ2n) is 5.86. The van der Waals surface area contributed by atoms with E-state index in [9.17, 15) is 10.1 Å². The van der Waals surface area contributed by atoms with E-state index < -0.39 is 0 Å². The van der Waals surface area contributed by atoms with Crippen molar-refractivity contribution in [2.75, 3.05) is 18.5 Å². The van der Waals surface area contributed by atoms with E-state index in [0.29, 0.717) is 40.3 Å². The van der Waals surface area contributed by atoms with E-state index in [1.807, 2.05) is 6.07 Å². The van der Waals surface area contributed by atoms with Crippen molar-refractivity contribution in [3.05, 3.63) is 52.5 Å². The topological polar surface area (TPSA) is 77.7 Å². The Labute approximate surface area is 166 Å². The molecule has 1 saturated heterocycles. The summed E-state index contributed by atoms with van der Waals surface area (Å²) in [6.45, 7) is 1.29. The lowest BCUT2D eigenvalue weighted by Gasteiger charge is -2.14. The number of nitrogens with zero attached hydrogens (tertiary/aromatic N) is 3. The maximum atomic E-state index is 12.3. The summed E-state index contributed by atoms with van der Waals surface area (Å²) >= 11 is 12.0. The third-order valence-electron chi connectivity index (χ3n) is 3.99. The van der Waals surface area contributed by atoms with Crippen molar-refractivity contribution < 1.29 is 9.53 Å². The molecule has 2 aromatic rings. The molecule has 1 N–H and O–H groups in total. The lowest BCUT2D eigenvalue weighted by atomic mass is 10.3. The summed E-state index contributed by atoms with van der Waals surface area (Å²) in [5.41, 5.74) is 3.04. The monoisotopic (exact) mass is 402 g/mol. The quantitative estimate of drug-likeness (QED) is 0.580. The molecule has 1 amide bonds. The van der Waals surface area contributed by atoms with Gasteiger partial charge in [0.05, 0.1) is 10.7 Å². The van der Waals surface area contributed by atoms with Gasteiger partial charge in [-0.3, -0.25) is 10.2 Å². The van der Waals surface area contributed by atoms with Crippen LogP contribution in [0.15, 0.2) is 47.6 Å². The van der Waals surface area contributed by atoms with Gasteiger partial charge in [-0.15, -0.1) is 0 Å². The molecule has 1 heterocycles. The van der Waals surface area contributed by atoms with Gasteiger partial charge < -0.3 is 9.64 Å². The van der Waals surface area contributed by atoms with Crippen LogP contribution in [0, 0.1) is 11.3 Å². The number of halogens is 2. The fourth-order valence-electron chi connectivity index (χ4n) is 2.63. The van der Waals surface area contributed by atoms with Crippen LogP contribution in [-0.2, 0) is 4.79 Å². The van der Waals surface area contributed by atoms with Gasteiger partial charge in [-0.05, 0) is 43.2 Å². The Morgan fingerprint density at radius 3 is 2.59 bits per heavy atom. The normalized spacial score (nSPS) is 14.0. The molecule has 0 aliphatic carbocycles. The first-order valence-electron chi connectivity index (χ1n) is 8.33. The number of nitriles is 1. The number of amides is 1. The first kappa shape index (κ1) is 19.0. The van der Waals surface area contributed by atoms with Crippen LogP contribution in [0.4, 0.5) is 5.69 Å². The van der Waals surface area contributed by atoms with E-state index in [-0.39, 0.29) is 11.6 Å². The fourth-order valence-corrected chi connectivity index (χ4v) is 3.08. The lowest BCUT2D eigenvalue weighted by Crippen LogP contribution is -2.33. The van der Waals surface area contributed by atoms with Crippen molar-refractivity contribution in [3.8, 4) is 17.6 Å². The van der Waals surface area contributed by atoms with Gasteiger partial charge in [0.25, 0.3) is 5.91 Å². The van der Waals surface area contributed by atoms with Gasteiger partial charge in [0, 0.05) is 18.1 Å². The molecule has 0 aromatic heterocycles. The maximum absolute atomic E-state index is 12.3. The zero-order valence-corrected chi connectivity index (χ0v) is 15.8. The molecule has 0 unspecified atom stereocenters. The summed E-state index contributed by atoms with van der Waals surface area (Å²) in [6, 6.07) is 13.8. The second kappa shape index (κ2) is 8.76. The molecule has 2 aromatic carbocycles. The van der Waals surface area contributed by atoms with Crippen LogP contribution in [0.25, 0.3) is 0 Å². The number of carbonyl (C=O) groups excluding carboxylic acids is 1. The molecule has 138 valence electrons. The molecule has 1 aliphatic rings. The van der Waals surface area contributed by atoms with Crippen LogP contribution in [0.5, 0.6) is 11.5 Å². The summed E-state index contributed by atoms with van der Waals surface area (Å²) in [7, 11) is 0. The number of hydrazone groups is 1. The summed E-state index contributed by atoms with van der Waals surface area (Å²) in [4.78, 5) is 13.9. The molecule has 1 fully saturated rings. The minimum absolute atomic E-state index is 0.198. The summed E-state index contributed by atoms with van der Waals surface area (Å²) < 4.78 is 5.82. The van der Waals surface area contributed by atoms with Crippen molar-refractivity contribution in [2.24, 2.45) is 5.10 Å². The molecule has 3 rings (SSSR count). The number of carbonyl (C=O) groups is 1. The number of hydrogen-bond acceptors (Lipinski definition) is 5. The van der Waals surface area contributed by atoms with Crippen LogP contribution in [-0.4, -0.2) is 29.6 Å². The number of hydrogen-bond donors (Lipinski definition) is 1. The fraction of sp³-hybridized carbons (Fsp3) is 0.211. The van der Waals surface area contributed by atoms with Crippen molar-refractivity contribution in [1.29, 1.82) is 5.26 Å². The Hall–Kier alpha value is -2.75. The Morgan fingerprint density at radius 1 is 1.15 bits per heavy atom. The van der Waals surface area contributed by atoms with Crippen molar-refractivity contribution in [3.63, 3.8) is 0 Å². The molecule has 27 heavy (non-hydrogen) atoms. The van der Waals surface area contributed by atoms with Crippen LogP contribution in [0.2, 0.25) is 10.0 Å². The highest BCUT2D eigenvalue weighted by Gasteiger charge is 2.23. The molecule has 0 radical (unpaired) electrons. The van der Waals surface area contributed by atoms with Gasteiger partial charge >= 0.3 is 0 Å². The van der Waals surface area contributed by atoms with Gasteiger partial charge in [-0.1, -0.05) is 35.3 Å². The summed E-state index contributed by atoms with van der Waals surface area (Å²) in [5.74, 6) is 0.492. The van der Waals surface area contributed by atoms with E-state index in [4.69, 9.17) is 27.9 Å². The van der Waals surface area contributed by atoms with Crippen molar-refractivity contribution in [2.45, 2.75) is 12.8 Å². The molecular weight excluding hydrogens is 387 g/mol. The second-order valence-corrected chi connectivity index (χ2v) is 6.70. The number of para-hydroxylation sites is 2. The highest BCUT2D eigenvalue weighted by atomic mass is 35.5. The summed E-state index contributed by atoms with van der Waals surface area (Å²) in [6.07, 6.45) is 1.88. The third-order valence-corrected chi connectivity index (χ3v) is 4.52. The number of nitrogens with one attached hydrogen (secondary N) is 1. The standard InChI is InChI=1S/C19H16Cl2N4O2/c20-13-7-8-17(14(21)11-13)27-18-6-2-1-5-15(18)23-24-16(12-22)19(26)25-9-3-4-10-25/h1-2,5-8,11,23H,3-4,9-10H2/b24-16-. The molecule has 1 aliphatic heterocycles. The van der Waals surface area contributed by atoms with E-state index in [1.54, 1.807) is 47.4 Å². The molecule has 0 bridgehead atoms. The lowest BCUT2D eigenvalue weighted by molar-refractivity contribution is -0.122. The molecular formula is C19H16Cl2N4O2. The number of rotatable bonds is 5. The minimum Gasteiger partial charge on any atom is -0.454 e. The summed E-state index contributed by atoms with van der Waals surface area (Å²) in [5, 5.41) is 14.1. The van der Waals surface area contributed by atoms with Gasteiger partial charge in [-0.25, -0.2) is 0 Å². The predicted octanol–water partition coefficient (Wildman–Crippen LogP) is 4.70. The van der Waals surface area contributed by atoms with Crippen LogP contribution >= 0.6 is 23.2 Å². The smallest absolute Gasteiger partial charge is 0.285 e. The van der Waals surface area contributed by atoms with Gasteiger partial charge in [0.2, 0.25) is 5.71 Å². The third kappa shape index (κ3) is 4.70. The number of ether oxygens (including phenoxy) is 1. The highest BCUT2D eigenvalue weighted by molar-refractivity contribution is 6.45. The molecule has 0 spiro atoms. The van der Waals surface area contributed by atoms with E-state index in [1.165, 1.54) is 0 Å². The average Bonchev–Trinajstić information content (AvgIpc) is 3.20. The van der Waals surface area contributed by atoms with E-state index >= 15 is 0 Å². The molecule has 0 saturated carbocycles. The number of likely N-dealkylation sites (tertiary alicyclic amines) is 1. The van der Waals surface area contributed by atoms with E-state index in [2.05, 4.69) is 10.5 Å². The van der Waals surface area contributed by atoms with Crippen molar-refractivity contribution >= 4 is 40.5 Å². The SMILES string of the molecule is N#C/C(=N/Nc1ccccc1Oc1ccc(Cl)cc1Cl)C(=O)N1CCCC1. The number of anilines is 1. The Balaban J connectivity index is 1.79. The Morgan fingerprint density at radius 2 is 1.89 bits per heavy atom. The molecule has 6 nitrogen and oxygen atoms in total. The van der Waals surface area contributed by atoms with Crippen molar-refractivity contribution in [1.82, 2.24) is 4.90 Å². The maximum Gasteiger partial charge on any atom is 0.285 e. The largest absolute Gasteiger partial charge is 0.454 e. The zero-order chi connectivity index (χ0) is 19.2. The average molecular weight is 403 g/mol. The first-order valence-corrected chi connectivity index (χ1v) is 9.09. The zero-order valence-electron chi connectivity index (χ0n) is 14.3. The van der Waals surface area contributed by atoms with Crippen LogP contribution < -0.4 is 10.2 Å².